The van der Waals surface area contributed by atoms with Crippen molar-refractivity contribution in [3.63, 3.8) is 0 Å². The van der Waals surface area contributed by atoms with Crippen LogP contribution >= 0.6 is 0 Å². The lowest BCUT2D eigenvalue weighted by molar-refractivity contribution is 0.0183. The monoisotopic (exact) mass is 308 g/mol. The van der Waals surface area contributed by atoms with Crippen molar-refractivity contribution in [1.29, 1.82) is 0 Å². The molecule has 0 spiro atoms. The summed E-state index contributed by atoms with van der Waals surface area (Å²) in [6.45, 7) is 10.4. The van der Waals surface area contributed by atoms with E-state index in [-0.39, 0.29) is 6.09 Å². The molecule has 124 valence electrons. The highest BCUT2D eigenvalue weighted by Crippen LogP contribution is 2.20. The molecule has 0 bridgehead atoms. The van der Waals surface area contributed by atoms with Gasteiger partial charge in [-0.25, -0.2) is 4.79 Å². The topological polar surface area (TPSA) is 54.7 Å². The molecule has 1 aliphatic rings. The second kappa shape index (κ2) is 7.18. The Bertz CT molecular complexity index is 457. The summed E-state index contributed by atoms with van der Waals surface area (Å²) >= 11 is 0. The number of nitrogens with one attached hydrogen (secondary N) is 1. The quantitative estimate of drug-likeness (QED) is 0.923. The Labute approximate surface area is 133 Å². The molecule has 2 rings (SSSR count). The van der Waals surface area contributed by atoms with E-state index in [2.05, 4.69) is 12.2 Å². The number of carbonyl (C=O) groups excluding carboxylic acids is 1. The highest BCUT2D eigenvalue weighted by Gasteiger charge is 2.26. The van der Waals surface area contributed by atoms with E-state index in [0.717, 1.165) is 32.5 Å². The lowest BCUT2D eigenvalue weighted by Gasteiger charge is -2.33. The minimum Gasteiger partial charge on any atom is -0.472 e. The maximum atomic E-state index is 12.0. The van der Waals surface area contributed by atoms with Gasteiger partial charge in [-0.15, -0.1) is 0 Å². The van der Waals surface area contributed by atoms with Crippen molar-refractivity contribution in [3.05, 3.63) is 24.2 Å². The van der Waals surface area contributed by atoms with Gasteiger partial charge in [0.2, 0.25) is 0 Å². The van der Waals surface area contributed by atoms with Crippen LogP contribution in [0.15, 0.2) is 23.0 Å². The third-order valence-electron chi connectivity index (χ3n) is 4.02. The minimum atomic E-state index is -0.421. The van der Waals surface area contributed by atoms with Gasteiger partial charge in [-0.05, 0) is 59.1 Å². The van der Waals surface area contributed by atoms with E-state index in [1.54, 1.807) is 12.5 Å². The Balaban J connectivity index is 1.70. The molecule has 1 atom stereocenters. The van der Waals surface area contributed by atoms with E-state index in [4.69, 9.17) is 9.15 Å². The number of piperidine rings is 1. The van der Waals surface area contributed by atoms with E-state index in [1.165, 1.54) is 5.56 Å². The van der Waals surface area contributed by atoms with Crippen LogP contribution < -0.4 is 5.32 Å². The van der Waals surface area contributed by atoms with Crippen molar-refractivity contribution < 1.29 is 13.9 Å². The van der Waals surface area contributed by atoms with Gasteiger partial charge in [-0.1, -0.05) is 0 Å². The Hall–Kier alpha value is -1.49. The van der Waals surface area contributed by atoms with Gasteiger partial charge in [-0.3, -0.25) is 0 Å². The van der Waals surface area contributed by atoms with Crippen molar-refractivity contribution in [1.82, 2.24) is 10.2 Å². The smallest absolute Gasteiger partial charge is 0.410 e. The van der Waals surface area contributed by atoms with Crippen molar-refractivity contribution in [3.8, 4) is 0 Å². The third kappa shape index (κ3) is 5.05. The third-order valence-corrected chi connectivity index (χ3v) is 4.02. The molecular weight excluding hydrogens is 280 g/mol. The van der Waals surface area contributed by atoms with Crippen LogP contribution in [0.25, 0.3) is 0 Å². The maximum absolute atomic E-state index is 12.0. The highest BCUT2D eigenvalue weighted by molar-refractivity contribution is 5.68. The summed E-state index contributed by atoms with van der Waals surface area (Å²) in [7, 11) is 0. The van der Waals surface area contributed by atoms with Crippen LogP contribution in [0.4, 0.5) is 4.79 Å². The van der Waals surface area contributed by atoms with Gasteiger partial charge in [-0.2, -0.15) is 0 Å². The van der Waals surface area contributed by atoms with E-state index < -0.39 is 5.60 Å². The number of amides is 1. The van der Waals surface area contributed by atoms with Crippen molar-refractivity contribution in [2.45, 2.75) is 52.2 Å². The summed E-state index contributed by atoms with van der Waals surface area (Å²) in [5.74, 6) is 0.605. The molecule has 1 fully saturated rings. The van der Waals surface area contributed by atoms with E-state index >= 15 is 0 Å². The van der Waals surface area contributed by atoms with Crippen LogP contribution in [0.2, 0.25) is 0 Å². The summed E-state index contributed by atoms with van der Waals surface area (Å²) in [6.07, 6.45) is 5.33. The molecule has 1 amide bonds. The Morgan fingerprint density at radius 2 is 2.14 bits per heavy atom. The zero-order chi connectivity index (χ0) is 16.2. The molecule has 1 unspecified atom stereocenters. The molecule has 1 N–H and O–H groups in total. The molecular formula is C17H28N2O3. The summed E-state index contributed by atoms with van der Waals surface area (Å²) in [5, 5.41) is 3.54. The van der Waals surface area contributed by atoms with Gasteiger partial charge < -0.3 is 19.4 Å². The molecule has 0 radical (unpaired) electrons. The van der Waals surface area contributed by atoms with Crippen molar-refractivity contribution in [2.75, 3.05) is 19.6 Å². The van der Waals surface area contributed by atoms with Crippen molar-refractivity contribution >= 4 is 6.09 Å². The molecule has 2 heterocycles. The molecule has 5 heteroatoms. The molecule has 0 aliphatic carbocycles. The van der Waals surface area contributed by atoms with Crippen LogP contribution in [-0.2, 0) is 4.74 Å². The Kier molecular flexibility index (Phi) is 5.51. The first-order chi connectivity index (χ1) is 10.3. The van der Waals surface area contributed by atoms with E-state index in [9.17, 15) is 4.79 Å². The van der Waals surface area contributed by atoms with Gasteiger partial charge in [0.15, 0.2) is 0 Å². The first kappa shape index (κ1) is 16.9. The number of nitrogens with zero attached hydrogens (tertiary/aromatic N) is 1. The van der Waals surface area contributed by atoms with Crippen LogP contribution in [-0.4, -0.2) is 36.2 Å². The standard InChI is InChI=1S/C17H28N2O3/c1-13(15-7-10-21-12-15)18-11-14-5-8-19(9-6-14)16(20)22-17(2,3)4/h7,10,12-14,18H,5-6,8-9,11H2,1-4H3. The number of hydrogen-bond donors (Lipinski definition) is 1. The zero-order valence-electron chi connectivity index (χ0n) is 14.1. The van der Waals surface area contributed by atoms with Crippen LogP contribution in [0, 0.1) is 5.92 Å². The van der Waals surface area contributed by atoms with Gasteiger partial charge in [0.05, 0.1) is 12.5 Å². The van der Waals surface area contributed by atoms with Crippen molar-refractivity contribution in [2.24, 2.45) is 5.92 Å². The lowest BCUT2D eigenvalue weighted by atomic mass is 9.96. The minimum absolute atomic E-state index is 0.189. The number of hydrogen-bond acceptors (Lipinski definition) is 4. The highest BCUT2D eigenvalue weighted by atomic mass is 16.6. The number of ether oxygens (including phenoxy) is 1. The second-order valence-electron chi connectivity index (χ2n) is 7.10. The molecule has 1 aromatic rings. The van der Waals surface area contributed by atoms with Crippen LogP contribution in [0.1, 0.15) is 52.1 Å². The molecule has 0 saturated carbocycles. The number of likely N-dealkylation sites (tertiary alicyclic amines) is 1. The molecule has 1 aromatic heterocycles. The average molecular weight is 308 g/mol. The number of furan rings is 1. The first-order valence-corrected chi connectivity index (χ1v) is 8.08. The largest absolute Gasteiger partial charge is 0.472 e. The SMILES string of the molecule is CC(NCC1CCN(C(=O)OC(C)(C)C)CC1)c1ccoc1. The second-order valence-corrected chi connectivity index (χ2v) is 7.10. The number of carbonyl (C=O) groups is 1. The van der Waals surface area contributed by atoms with Gasteiger partial charge in [0.25, 0.3) is 0 Å². The molecule has 1 aliphatic heterocycles. The van der Waals surface area contributed by atoms with Gasteiger partial charge in [0.1, 0.15) is 5.60 Å². The molecule has 1 saturated heterocycles. The number of rotatable bonds is 4. The van der Waals surface area contributed by atoms with E-state index in [0.29, 0.717) is 12.0 Å². The summed E-state index contributed by atoms with van der Waals surface area (Å²) in [4.78, 5) is 13.8. The fraction of sp³-hybridized carbons (Fsp3) is 0.706. The van der Waals surface area contributed by atoms with Gasteiger partial charge >= 0.3 is 6.09 Å². The zero-order valence-corrected chi connectivity index (χ0v) is 14.1. The summed E-state index contributed by atoms with van der Waals surface area (Å²) in [6, 6.07) is 2.28. The normalized spacial score (nSPS) is 18.3. The molecule has 0 aromatic carbocycles. The average Bonchev–Trinajstić information content (AvgIpc) is 2.97. The van der Waals surface area contributed by atoms with Crippen LogP contribution in [0.3, 0.4) is 0 Å². The Morgan fingerprint density at radius 3 is 2.68 bits per heavy atom. The Morgan fingerprint density at radius 1 is 1.45 bits per heavy atom. The maximum Gasteiger partial charge on any atom is 0.410 e. The summed E-state index contributed by atoms with van der Waals surface area (Å²) in [5.41, 5.74) is 0.751. The first-order valence-electron chi connectivity index (χ1n) is 8.08. The fourth-order valence-corrected chi connectivity index (χ4v) is 2.63. The van der Waals surface area contributed by atoms with Gasteiger partial charge in [0, 0.05) is 24.7 Å². The summed E-state index contributed by atoms with van der Waals surface area (Å²) < 4.78 is 10.5. The predicted molar refractivity (Wildman–Crippen MR) is 85.7 cm³/mol. The fourth-order valence-electron chi connectivity index (χ4n) is 2.63. The lowest BCUT2D eigenvalue weighted by Crippen LogP contribution is -2.43. The predicted octanol–water partition coefficient (Wildman–Crippen LogP) is 3.58. The van der Waals surface area contributed by atoms with Crippen LogP contribution in [0.5, 0.6) is 0 Å². The van der Waals surface area contributed by atoms with E-state index in [1.807, 2.05) is 31.7 Å². The molecule has 5 nitrogen and oxygen atoms in total. The molecule has 22 heavy (non-hydrogen) atoms.